The zero-order valence-corrected chi connectivity index (χ0v) is 11.6. The maximum atomic E-state index is 12.0. The first-order valence-corrected chi connectivity index (χ1v) is 7.13. The highest BCUT2D eigenvalue weighted by molar-refractivity contribution is 7.92. The Morgan fingerprint density at radius 1 is 1.38 bits per heavy atom. The van der Waals surface area contributed by atoms with Gasteiger partial charge >= 0.3 is 12.0 Å². The quantitative estimate of drug-likeness (QED) is 0.794. The van der Waals surface area contributed by atoms with Gasteiger partial charge in [-0.25, -0.2) is 17.9 Å². The monoisotopic (exact) mass is 313 g/mol. The lowest BCUT2D eigenvalue weighted by Crippen LogP contribution is -2.13. The number of sulfonamides is 1. The predicted molar refractivity (Wildman–Crippen MR) is 69.4 cm³/mol. The van der Waals surface area contributed by atoms with Crippen molar-refractivity contribution in [3.8, 4) is 5.75 Å². The van der Waals surface area contributed by atoms with Crippen LogP contribution >= 0.6 is 0 Å². The average molecular weight is 313 g/mol. The van der Waals surface area contributed by atoms with Crippen LogP contribution in [0.5, 0.6) is 5.75 Å². The molecule has 1 aromatic carbocycles. The summed E-state index contributed by atoms with van der Waals surface area (Å²) in [5, 5.41) is 11.9. The van der Waals surface area contributed by atoms with Gasteiger partial charge in [0, 0.05) is 0 Å². The lowest BCUT2D eigenvalue weighted by Gasteiger charge is -2.06. The van der Waals surface area contributed by atoms with E-state index in [0.717, 1.165) is 0 Å². The molecule has 0 aliphatic carbocycles. The molecule has 2 rings (SSSR count). The smallest absolute Gasteiger partial charge is 0.341 e. The fourth-order valence-corrected chi connectivity index (χ4v) is 2.30. The Hall–Kier alpha value is -2.62. The van der Waals surface area contributed by atoms with Crippen molar-refractivity contribution < 1.29 is 27.6 Å². The van der Waals surface area contributed by atoms with Gasteiger partial charge in [0.1, 0.15) is 5.75 Å². The van der Waals surface area contributed by atoms with Gasteiger partial charge in [-0.15, -0.1) is 0 Å². The summed E-state index contributed by atoms with van der Waals surface area (Å²) in [6.45, 7) is 1.04. The fourth-order valence-electron chi connectivity index (χ4n) is 1.37. The second-order valence-corrected chi connectivity index (χ2v) is 5.59. The number of nitrogens with zero attached hydrogens (tertiary/aromatic N) is 2. The molecule has 0 radical (unpaired) electrons. The number of nitrogens with one attached hydrogen (secondary N) is 1. The van der Waals surface area contributed by atoms with Gasteiger partial charge in [0.15, 0.2) is 12.4 Å². The van der Waals surface area contributed by atoms with Crippen molar-refractivity contribution >= 4 is 22.0 Å². The molecule has 9 nitrogen and oxygen atoms in total. The molecule has 0 amide bonds. The molecule has 0 saturated carbocycles. The van der Waals surface area contributed by atoms with Crippen LogP contribution in [0.4, 0.5) is 6.01 Å². The second kappa shape index (κ2) is 5.79. The maximum Gasteiger partial charge on any atom is 0.341 e. The van der Waals surface area contributed by atoms with E-state index in [1.54, 1.807) is 6.92 Å². The normalized spacial score (nSPS) is 11.1. The molecule has 0 atom stereocenters. The van der Waals surface area contributed by atoms with Crippen LogP contribution in [0.25, 0.3) is 0 Å². The van der Waals surface area contributed by atoms with Crippen LogP contribution in [0.3, 0.4) is 0 Å². The highest BCUT2D eigenvalue weighted by Crippen LogP contribution is 2.18. The minimum Gasteiger partial charge on any atom is -0.482 e. The summed E-state index contributed by atoms with van der Waals surface area (Å²) in [5.41, 5.74) is 0. The summed E-state index contributed by atoms with van der Waals surface area (Å²) in [5.74, 6) is -0.588. The van der Waals surface area contributed by atoms with E-state index in [1.165, 1.54) is 24.3 Å². The lowest BCUT2D eigenvalue weighted by atomic mass is 10.3. The molecule has 10 heteroatoms. The van der Waals surface area contributed by atoms with Gasteiger partial charge in [-0.3, -0.25) is 0 Å². The Labute approximate surface area is 119 Å². The number of rotatable bonds is 6. The van der Waals surface area contributed by atoms with Crippen molar-refractivity contribution in [3.05, 3.63) is 30.1 Å². The van der Waals surface area contributed by atoms with Crippen molar-refractivity contribution in [2.24, 2.45) is 0 Å². The molecular weight excluding hydrogens is 302 g/mol. The molecule has 0 saturated heterocycles. The number of aliphatic carboxylic acids is 1. The third-order valence-corrected chi connectivity index (χ3v) is 3.58. The molecule has 1 aromatic heterocycles. The standard InChI is InChI=1S/C11H11N3O6S/c1-7-12-11(20-13-7)14-21(17,18)9-4-2-8(3-5-9)19-6-10(15)16/h2-5H,6H2,1H3,(H,15,16)(H,12,13,14). The second-order valence-electron chi connectivity index (χ2n) is 3.91. The number of aryl methyl sites for hydroxylation is 1. The summed E-state index contributed by atoms with van der Waals surface area (Å²) in [7, 11) is -3.87. The Morgan fingerprint density at radius 2 is 2.05 bits per heavy atom. The molecule has 0 unspecified atom stereocenters. The molecule has 0 fully saturated rings. The van der Waals surface area contributed by atoms with E-state index in [2.05, 4.69) is 19.4 Å². The van der Waals surface area contributed by atoms with Gasteiger partial charge in [0.25, 0.3) is 10.0 Å². The van der Waals surface area contributed by atoms with Crippen LogP contribution in [0.1, 0.15) is 5.82 Å². The Morgan fingerprint density at radius 3 is 2.57 bits per heavy atom. The maximum absolute atomic E-state index is 12.0. The first-order valence-electron chi connectivity index (χ1n) is 5.64. The number of carboxylic acid groups (broad SMARTS) is 1. The molecule has 2 aromatic rings. The highest BCUT2D eigenvalue weighted by Gasteiger charge is 2.17. The van der Waals surface area contributed by atoms with Crippen LogP contribution in [0.2, 0.25) is 0 Å². The van der Waals surface area contributed by atoms with E-state index in [1.807, 2.05) is 0 Å². The molecule has 0 aliphatic rings. The first kappa shape index (κ1) is 14.8. The number of hydrogen-bond donors (Lipinski definition) is 2. The van der Waals surface area contributed by atoms with Crippen molar-refractivity contribution in [1.82, 2.24) is 10.1 Å². The van der Waals surface area contributed by atoms with Crippen LogP contribution in [-0.4, -0.2) is 36.2 Å². The lowest BCUT2D eigenvalue weighted by molar-refractivity contribution is -0.139. The number of benzene rings is 1. The van der Waals surface area contributed by atoms with Gasteiger partial charge in [0.2, 0.25) is 0 Å². The van der Waals surface area contributed by atoms with Gasteiger partial charge in [0.05, 0.1) is 4.90 Å². The summed E-state index contributed by atoms with van der Waals surface area (Å²) in [6, 6.07) is 4.98. The van der Waals surface area contributed by atoms with E-state index in [4.69, 9.17) is 9.84 Å². The topological polar surface area (TPSA) is 132 Å². The zero-order chi connectivity index (χ0) is 15.5. The van der Waals surface area contributed by atoms with Gasteiger partial charge < -0.3 is 14.4 Å². The average Bonchev–Trinajstić information content (AvgIpc) is 2.81. The molecule has 0 bridgehead atoms. The number of aromatic nitrogens is 2. The Kier molecular flexibility index (Phi) is 4.08. The highest BCUT2D eigenvalue weighted by atomic mass is 32.2. The van der Waals surface area contributed by atoms with E-state index < -0.39 is 22.6 Å². The summed E-state index contributed by atoms with van der Waals surface area (Å²) in [6.07, 6.45) is 0. The molecule has 0 aliphatic heterocycles. The minimum absolute atomic E-state index is 0.0546. The van der Waals surface area contributed by atoms with Gasteiger partial charge in [-0.1, -0.05) is 5.16 Å². The third-order valence-electron chi connectivity index (χ3n) is 2.25. The number of carbonyl (C=O) groups is 1. The number of anilines is 1. The van der Waals surface area contributed by atoms with E-state index >= 15 is 0 Å². The van der Waals surface area contributed by atoms with E-state index in [0.29, 0.717) is 5.82 Å². The van der Waals surface area contributed by atoms with Crippen LogP contribution in [0.15, 0.2) is 33.7 Å². The predicted octanol–water partition coefficient (Wildman–Crippen LogP) is 0.642. The molecule has 1 heterocycles. The van der Waals surface area contributed by atoms with Crippen LogP contribution in [0, 0.1) is 6.92 Å². The number of ether oxygens (including phenoxy) is 1. The first-order chi connectivity index (χ1) is 9.87. The fraction of sp³-hybridized carbons (Fsp3) is 0.182. The minimum atomic E-state index is -3.87. The summed E-state index contributed by atoms with van der Waals surface area (Å²) < 4.78 is 35.7. The SMILES string of the molecule is Cc1noc(NS(=O)(=O)c2ccc(OCC(=O)O)cc2)n1. The molecule has 21 heavy (non-hydrogen) atoms. The van der Waals surface area contributed by atoms with Crippen molar-refractivity contribution in [3.63, 3.8) is 0 Å². The zero-order valence-electron chi connectivity index (χ0n) is 10.8. The molecule has 2 N–H and O–H groups in total. The van der Waals surface area contributed by atoms with Gasteiger partial charge in [-0.2, -0.15) is 4.98 Å². The van der Waals surface area contributed by atoms with Crippen LogP contribution < -0.4 is 9.46 Å². The number of hydrogen-bond acceptors (Lipinski definition) is 7. The van der Waals surface area contributed by atoms with Gasteiger partial charge in [-0.05, 0) is 31.2 Å². The summed E-state index contributed by atoms with van der Waals surface area (Å²) in [4.78, 5) is 14.0. The van der Waals surface area contributed by atoms with Crippen LogP contribution in [-0.2, 0) is 14.8 Å². The molecular formula is C11H11N3O6S. The van der Waals surface area contributed by atoms with Crippen molar-refractivity contribution in [1.29, 1.82) is 0 Å². The number of carboxylic acids is 1. The molecule has 112 valence electrons. The summed E-state index contributed by atoms with van der Waals surface area (Å²) >= 11 is 0. The largest absolute Gasteiger partial charge is 0.482 e. The Balaban J connectivity index is 2.11. The molecule has 0 spiro atoms. The van der Waals surface area contributed by atoms with E-state index in [-0.39, 0.29) is 16.7 Å². The van der Waals surface area contributed by atoms with Crippen molar-refractivity contribution in [2.75, 3.05) is 11.3 Å². The Bertz CT molecular complexity index is 738. The third kappa shape index (κ3) is 3.92. The van der Waals surface area contributed by atoms with Crippen molar-refractivity contribution in [2.45, 2.75) is 11.8 Å². The van der Waals surface area contributed by atoms with E-state index in [9.17, 15) is 13.2 Å².